The van der Waals surface area contributed by atoms with Crippen molar-refractivity contribution in [1.29, 1.82) is 0 Å². The van der Waals surface area contributed by atoms with Gasteiger partial charge < -0.3 is 0 Å². The zero-order chi connectivity index (χ0) is 13.1. The molecule has 7 atom stereocenters. The monoisotopic (exact) mass is 486 g/mol. The number of hydrogen-bond donors (Lipinski definition) is 0. The van der Waals surface area contributed by atoms with Gasteiger partial charge in [0.1, 0.15) is 0 Å². The summed E-state index contributed by atoms with van der Waals surface area (Å²) in [6, 6.07) is 0. The van der Waals surface area contributed by atoms with Gasteiger partial charge in [-0.25, -0.2) is 0 Å². The molecule has 4 aliphatic rings. The quantitative estimate of drug-likeness (QED) is 0.356. The Balaban J connectivity index is 1.45. The zero-order valence-electron chi connectivity index (χ0n) is 12.5. The predicted molar refractivity (Wildman–Crippen MR) is 103 cm³/mol. The summed E-state index contributed by atoms with van der Waals surface area (Å²) in [5.41, 5.74) is 0. The van der Waals surface area contributed by atoms with E-state index in [1.165, 1.54) is 8.35 Å². The molecule has 2 aliphatic heterocycles. The standard InChI is InChI=1S/C17H28I2/c1-10-4-6-13-11(2)5-7-14(15(13)8-10)12(3)9-19-16-17(19)18-16/h10-16H,4-9H2,1-3H3/t10?,11?,12?,13-,14+,15+,16?/m1/s1. The maximum absolute atomic E-state index is 2.64. The van der Waals surface area contributed by atoms with Crippen LogP contribution in [-0.4, -0.2) is 7.87 Å². The van der Waals surface area contributed by atoms with Crippen LogP contribution < -0.4 is 0 Å². The van der Waals surface area contributed by atoms with Crippen molar-refractivity contribution in [1.82, 2.24) is 0 Å². The second kappa shape index (κ2) is 5.20. The van der Waals surface area contributed by atoms with E-state index >= 15 is 0 Å². The molecule has 0 bridgehead atoms. The summed E-state index contributed by atoms with van der Waals surface area (Å²) in [5.74, 6) is 6.51. The third kappa shape index (κ3) is 2.59. The van der Waals surface area contributed by atoms with Gasteiger partial charge in [-0.1, -0.05) is 0 Å². The van der Waals surface area contributed by atoms with Crippen molar-refractivity contribution in [2.24, 2.45) is 35.5 Å². The van der Waals surface area contributed by atoms with Gasteiger partial charge in [0.2, 0.25) is 0 Å². The summed E-state index contributed by atoms with van der Waals surface area (Å²) < 4.78 is 5.35. The van der Waals surface area contributed by atoms with Crippen LogP contribution in [0.25, 0.3) is 0 Å². The van der Waals surface area contributed by atoms with Gasteiger partial charge in [0, 0.05) is 0 Å². The second-order valence-corrected chi connectivity index (χ2v) is 20.7. The zero-order valence-corrected chi connectivity index (χ0v) is 16.9. The molecular weight excluding hydrogens is 458 g/mol. The molecule has 0 N–H and O–H groups in total. The van der Waals surface area contributed by atoms with Crippen molar-refractivity contribution in [2.75, 3.05) is 4.43 Å². The number of rotatable bonds is 3. The summed E-state index contributed by atoms with van der Waals surface area (Å²) in [4.78, 5) is 0. The molecular formula is C17H28I2. The number of fused-ring (bicyclic) bond motifs is 2. The Hall–Kier alpha value is 1.33. The van der Waals surface area contributed by atoms with E-state index in [1.807, 2.05) is 0 Å². The van der Waals surface area contributed by atoms with Crippen LogP contribution in [0.3, 0.4) is 0 Å². The summed E-state index contributed by atoms with van der Waals surface area (Å²) in [7, 11) is 0. The fraction of sp³-hybridized carbons (Fsp3) is 0.941. The molecule has 0 amide bonds. The van der Waals surface area contributed by atoms with E-state index in [0.29, 0.717) is 0 Å². The topological polar surface area (TPSA) is 0 Å². The Morgan fingerprint density at radius 3 is 2.63 bits per heavy atom. The van der Waals surface area contributed by atoms with Gasteiger partial charge in [-0.05, 0) is 0 Å². The van der Waals surface area contributed by atoms with Crippen LogP contribution in [0, 0.1) is 35.5 Å². The SMILES string of the molecule is CC1CC[C@@H]2C(C)CC[C@@H](C(C)CI3C4=IC43)[C@H]2C1. The first kappa shape index (κ1) is 14.0. The van der Waals surface area contributed by atoms with Crippen molar-refractivity contribution in [3.63, 3.8) is 0 Å². The molecule has 2 saturated carbocycles. The molecule has 0 aromatic carbocycles. The first-order valence-corrected chi connectivity index (χ1v) is 14.5. The van der Waals surface area contributed by atoms with E-state index in [0.717, 1.165) is 56.2 Å². The molecule has 0 spiro atoms. The van der Waals surface area contributed by atoms with E-state index < -0.39 is 0 Å². The van der Waals surface area contributed by atoms with Crippen molar-refractivity contribution in [3.8, 4) is 0 Å². The van der Waals surface area contributed by atoms with Crippen LogP contribution in [0.2, 0.25) is 0 Å². The molecule has 0 aromatic rings. The maximum atomic E-state index is 2.64. The third-order valence-electron chi connectivity index (χ3n) is 6.32. The van der Waals surface area contributed by atoms with Gasteiger partial charge in [0.25, 0.3) is 0 Å². The summed E-state index contributed by atoms with van der Waals surface area (Å²) >= 11 is 0.409. The number of alkyl halides is 3. The first-order chi connectivity index (χ1) is 9.15. The van der Waals surface area contributed by atoms with Crippen LogP contribution in [-0.2, 0) is 0 Å². The predicted octanol–water partition coefficient (Wildman–Crippen LogP) is 5.68. The Labute approximate surface area is 136 Å². The minimum atomic E-state index is -0.330. The molecule has 2 aliphatic carbocycles. The Kier molecular flexibility index (Phi) is 3.82. The molecule has 4 unspecified atom stereocenters. The molecule has 3 fully saturated rings. The Morgan fingerprint density at radius 1 is 1.16 bits per heavy atom. The fourth-order valence-electron chi connectivity index (χ4n) is 5.04. The van der Waals surface area contributed by atoms with Gasteiger partial charge in [-0.2, -0.15) is 0 Å². The third-order valence-corrected chi connectivity index (χ3v) is 26.5. The Morgan fingerprint density at radius 2 is 1.95 bits per heavy atom. The number of halogens is 2. The molecule has 2 heteroatoms. The molecule has 1 saturated heterocycles. The van der Waals surface area contributed by atoms with Gasteiger partial charge in [0.15, 0.2) is 0 Å². The van der Waals surface area contributed by atoms with Crippen molar-refractivity contribution < 1.29 is 0 Å². The summed E-state index contributed by atoms with van der Waals surface area (Å²) in [5, 5.41) is 0. The summed E-state index contributed by atoms with van der Waals surface area (Å²) in [6.07, 6.45) is 7.78. The van der Waals surface area contributed by atoms with Crippen LogP contribution in [0.15, 0.2) is 0 Å². The molecule has 2 heterocycles. The normalized spacial score (nSPS) is 51.3. The van der Waals surface area contributed by atoms with Crippen LogP contribution in [0.5, 0.6) is 0 Å². The first-order valence-electron chi connectivity index (χ1n) is 8.29. The van der Waals surface area contributed by atoms with E-state index in [1.54, 1.807) is 30.1 Å². The molecule has 0 radical (unpaired) electrons. The van der Waals surface area contributed by atoms with Crippen LogP contribution in [0.4, 0.5) is 0 Å². The second-order valence-electron chi connectivity index (χ2n) is 7.69. The molecule has 0 aromatic heterocycles. The summed E-state index contributed by atoms with van der Waals surface area (Å²) in [6.45, 7) is 7.72. The number of hydrogen-bond acceptors (Lipinski definition) is 0. The average molecular weight is 486 g/mol. The van der Waals surface area contributed by atoms with E-state index in [4.69, 9.17) is 0 Å². The van der Waals surface area contributed by atoms with E-state index in [2.05, 4.69) is 22.3 Å². The molecule has 0 nitrogen and oxygen atoms in total. The van der Waals surface area contributed by atoms with Crippen LogP contribution >= 0.6 is 40.6 Å². The van der Waals surface area contributed by atoms with Gasteiger partial charge in [-0.3, -0.25) is 0 Å². The van der Waals surface area contributed by atoms with Gasteiger partial charge in [-0.15, -0.1) is 0 Å². The van der Waals surface area contributed by atoms with Crippen molar-refractivity contribution >= 4 is 42.1 Å². The van der Waals surface area contributed by atoms with Crippen molar-refractivity contribution in [3.05, 3.63) is 0 Å². The van der Waals surface area contributed by atoms with Crippen molar-refractivity contribution in [2.45, 2.75) is 54.8 Å². The van der Waals surface area contributed by atoms with Gasteiger partial charge >= 0.3 is 137 Å². The average Bonchev–Trinajstić information content (AvgIpc) is 3.26. The van der Waals surface area contributed by atoms with E-state index in [9.17, 15) is 0 Å². The Bertz CT molecular complexity index is 402. The van der Waals surface area contributed by atoms with Gasteiger partial charge in [0.05, 0.1) is 0 Å². The minimum absolute atomic E-state index is 0.330. The fourth-order valence-corrected chi connectivity index (χ4v) is 22.6. The van der Waals surface area contributed by atoms with Crippen LogP contribution in [0.1, 0.15) is 52.9 Å². The molecule has 4 rings (SSSR count). The molecule has 19 heavy (non-hydrogen) atoms. The molecule has 110 valence electrons. The van der Waals surface area contributed by atoms with E-state index in [-0.39, 0.29) is 19.8 Å².